The van der Waals surface area contributed by atoms with Crippen LogP contribution in [0.5, 0.6) is 5.75 Å². The Morgan fingerprint density at radius 1 is 1.44 bits per heavy atom. The molecule has 0 saturated heterocycles. The number of aromatic nitrogens is 1. The zero-order valence-electron chi connectivity index (χ0n) is 15.0. The summed E-state index contributed by atoms with van der Waals surface area (Å²) >= 11 is 0. The molecule has 0 aliphatic heterocycles. The number of carbonyl (C=O) groups is 1. The Morgan fingerprint density at radius 2 is 2.20 bits per heavy atom. The van der Waals surface area contributed by atoms with Crippen molar-refractivity contribution in [1.29, 1.82) is 0 Å². The number of benzene rings is 1. The van der Waals surface area contributed by atoms with Gasteiger partial charge in [0.1, 0.15) is 11.3 Å². The van der Waals surface area contributed by atoms with Crippen LogP contribution in [0.1, 0.15) is 25.3 Å². The minimum Gasteiger partial charge on any atom is -0.494 e. The number of pyridine rings is 1. The molecule has 0 atom stereocenters. The predicted octanol–water partition coefficient (Wildman–Crippen LogP) is 2.90. The Hall–Kier alpha value is -2.34. The summed E-state index contributed by atoms with van der Waals surface area (Å²) < 4.78 is 5.42. The van der Waals surface area contributed by atoms with Gasteiger partial charge in [-0.05, 0) is 37.9 Å². The monoisotopic (exact) mass is 343 g/mol. The Bertz CT molecular complexity index is 772. The van der Waals surface area contributed by atoms with Crippen LogP contribution in [0.25, 0.3) is 10.9 Å². The maximum Gasteiger partial charge on any atom is 0.317 e. The lowest BCUT2D eigenvalue weighted by atomic mass is 9.85. The van der Waals surface area contributed by atoms with Crippen LogP contribution in [0.4, 0.5) is 5.69 Å². The highest BCUT2D eigenvalue weighted by molar-refractivity contribution is 5.96. The van der Waals surface area contributed by atoms with Gasteiger partial charge in [0.25, 0.3) is 0 Å². The molecule has 6 nitrogen and oxygen atoms in total. The van der Waals surface area contributed by atoms with Crippen LogP contribution in [0, 0.1) is 6.92 Å². The average Bonchev–Trinajstić information content (AvgIpc) is 2.56. The quantitative estimate of drug-likeness (QED) is 0.805. The fourth-order valence-electron chi connectivity index (χ4n) is 3.53. The van der Waals surface area contributed by atoms with Gasteiger partial charge in [0.2, 0.25) is 0 Å². The van der Waals surface area contributed by atoms with Crippen LogP contribution in [-0.2, 0) is 4.79 Å². The van der Waals surface area contributed by atoms with Gasteiger partial charge < -0.3 is 15.2 Å². The second-order valence-corrected chi connectivity index (χ2v) is 6.60. The molecule has 25 heavy (non-hydrogen) atoms. The molecular weight excluding hydrogens is 318 g/mol. The molecule has 1 heterocycles. The standard InChI is InChI=1S/C19H25N3O3/c1-4-22(11-17(23)24)14-8-13(9-14)21-18-12(2)10-20-19-15(18)6-5-7-16(19)25-3/h5-7,10,13-14H,4,8-9,11H2,1-3H3,(H,20,21)(H,23,24). The fraction of sp³-hybridized carbons (Fsp3) is 0.474. The molecular formula is C19H25N3O3. The summed E-state index contributed by atoms with van der Waals surface area (Å²) in [5.74, 6) is 0.00646. The van der Waals surface area contributed by atoms with Crippen LogP contribution in [0.2, 0.25) is 0 Å². The van der Waals surface area contributed by atoms with E-state index in [1.807, 2.05) is 37.1 Å². The number of aliphatic carboxylic acids is 1. The van der Waals surface area contributed by atoms with Crippen LogP contribution in [0.3, 0.4) is 0 Å². The van der Waals surface area contributed by atoms with Crippen molar-refractivity contribution in [2.75, 3.05) is 25.5 Å². The summed E-state index contributed by atoms with van der Waals surface area (Å²) in [5.41, 5.74) is 3.05. The SMILES string of the molecule is CCN(CC(=O)O)C1CC(Nc2c(C)cnc3c(OC)cccc23)C1. The molecule has 0 amide bonds. The molecule has 6 heteroatoms. The minimum absolute atomic E-state index is 0.113. The van der Waals surface area contributed by atoms with Gasteiger partial charge in [-0.2, -0.15) is 0 Å². The number of para-hydroxylation sites is 1. The van der Waals surface area contributed by atoms with Gasteiger partial charge in [0, 0.05) is 29.4 Å². The van der Waals surface area contributed by atoms with E-state index in [0.29, 0.717) is 12.1 Å². The number of carboxylic acid groups (broad SMARTS) is 1. The maximum absolute atomic E-state index is 11.0. The maximum atomic E-state index is 11.0. The zero-order valence-corrected chi connectivity index (χ0v) is 15.0. The van der Waals surface area contributed by atoms with Gasteiger partial charge in [-0.25, -0.2) is 0 Å². The van der Waals surface area contributed by atoms with Gasteiger partial charge >= 0.3 is 5.97 Å². The number of aryl methyl sites for hydroxylation is 1. The van der Waals surface area contributed by atoms with E-state index in [2.05, 4.69) is 16.4 Å². The zero-order chi connectivity index (χ0) is 18.0. The molecule has 2 N–H and O–H groups in total. The first-order chi connectivity index (χ1) is 12.0. The van der Waals surface area contributed by atoms with Gasteiger partial charge in [-0.15, -0.1) is 0 Å². The van der Waals surface area contributed by atoms with Crippen LogP contribution in [-0.4, -0.2) is 53.2 Å². The van der Waals surface area contributed by atoms with E-state index in [-0.39, 0.29) is 6.54 Å². The number of fused-ring (bicyclic) bond motifs is 1. The lowest BCUT2D eigenvalue weighted by Gasteiger charge is -2.43. The Labute approximate surface area is 147 Å². The topological polar surface area (TPSA) is 74.7 Å². The third-order valence-electron chi connectivity index (χ3n) is 4.99. The number of nitrogens with zero attached hydrogens (tertiary/aromatic N) is 2. The van der Waals surface area contributed by atoms with Crippen molar-refractivity contribution in [2.24, 2.45) is 0 Å². The van der Waals surface area contributed by atoms with Crippen molar-refractivity contribution < 1.29 is 14.6 Å². The molecule has 1 saturated carbocycles. The van der Waals surface area contributed by atoms with Crippen LogP contribution >= 0.6 is 0 Å². The summed E-state index contributed by atoms with van der Waals surface area (Å²) in [6.45, 7) is 4.93. The molecule has 3 rings (SSSR count). The van der Waals surface area contributed by atoms with Gasteiger partial charge in [-0.3, -0.25) is 14.7 Å². The average molecular weight is 343 g/mol. The number of hydrogen-bond donors (Lipinski definition) is 2. The van der Waals surface area contributed by atoms with Crippen LogP contribution < -0.4 is 10.1 Å². The second kappa shape index (κ2) is 7.27. The smallest absolute Gasteiger partial charge is 0.317 e. The van der Waals surface area contributed by atoms with Gasteiger partial charge in [0.05, 0.1) is 13.7 Å². The third-order valence-corrected chi connectivity index (χ3v) is 4.99. The number of ether oxygens (including phenoxy) is 1. The summed E-state index contributed by atoms with van der Waals surface area (Å²) in [6.07, 6.45) is 3.77. The lowest BCUT2D eigenvalue weighted by Crippen LogP contribution is -2.51. The number of nitrogens with one attached hydrogen (secondary N) is 1. The summed E-state index contributed by atoms with van der Waals surface area (Å²) in [4.78, 5) is 17.5. The van der Waals surface area contributed by atoms with Crippen molar-refractivity contribution in [1.82, 2.24) is 9.88 Å². The molecule has 0 radical (unpaired) electrons. The number of carboxylic acids is 1. The lowest BCUT2D eigenvalue weighted by molar-refractivity contribution is -0.139. The van der Waals surface area contributed by atoms with E-state index in [1.54, 1.807) is 7.11 Å². The molecule has 1 aliphatic carbocycles. The van der Waals surface area contributed by atoms with Crippen molar-refractivity contribution in [3.8, 4) is 5.75 Å². The van der Waals surface area contributed by atoms with E-state index >= 15 is 0 Å². The van der Waals surface area contributed by atoms with Crippen molar-refractivity contribution in [2.45, 2.75) is 38.8 Å². The molecule has 0 unspecified atom stereocenters. The summed E-state index contributed by atoms with van der Waals surface area (Å²) in [5, 5.41) is 13.7. The third kappa shape index (κ3) is 3.54. The van der Waals surface area contributed by atoms with E-state index < -0.39 is 5.97 Å². The molecule has 1 aliphatic rings. The normalized spacial score (nSPS) is 19.7. The minimum atomic E-state index is -0.763. The first-order valence-electron chi connectivity index (χ1n) is 8.68. The largest absolute Gasteiger partial charge is 0.494 e. The van der Waals surface area contributed by atoms with E-state index in [9.17, 15) is 4.79 Å². The highest BCUT2D eigenvalue weighted by atomic mass is 16.5. The first kappa shape index (κ1) is 17.5. The molecule has 0 bridgehead atoms. The van der Waals surface area contributed by atoms with Gasteiger partial charge in [0.15, 0.2) is 0 Å². The molecule has 2 aromatic rings. The molecule has 1 aromatic carbocycles. The van der Waals surface area contributed by atoms with Crippen LogP contribution in [0.15, 0.2) is 24.4 Å². The number of methoxy groups -OCH3 is 1. The Kier molecular flexibility index (Phi) is 5.08. The fourth-order valence-corrected chi connectivity index (χ4v) is 3.53. The van der Waals surface area contributed by atoms with Crippen molar-refractivity contribution in [3.63, 3.8) is 0 Å². The highest BCUT2D eigenvalue weighted by Gasteiger charge is 2.34. The summed E-state index contributed by atoms with van der Waals surface area (Å²) in [6, 6.07) is 6.63. The Balaban J connectivity index is 1.75. The van der Waals surface area contributed by atoms with E-state index in [1.165, 1.54) is 0 Å². The first-order valence-corrected chi connectivity index (χ1v) is 8.68. The van der Waals surface area contributed by atoms with E-state index in [4.69, 9.17) is 9.84 Å². The Morgan fingerprint density at radius 3 is 2.84 bits per heavy atom. The molecule has 0 spiro atoms. The molecule has 1 aromatic heterocycles. The number of rotatable bonds is 7. The van der Waals surface area contributed by atoms with Gasteiger partial charge in [-0.1, -0.05) is 19.1 Å². The number of hydrogen-bond acceptors (Lipinski definition) is 5. The second-order valence-electron chi connectivity index (χ2n) is 6.60. The summed E-state index contributed by atoms with van der Waals surface area (Å²) in [7, 11) is 1.65. The number of likely N-dealkylation sites (N-methyl/N-ethyl adjacent to an activating group) is 1. The van der Waals surface area contributed by atoms with Crippen molar-refractivity contribution in [3.05, 3.63) is 30.0 Å². The number of anilines is 1. The molecule has 134 valence electrons. The predicted molar refractivity (Wildman–Crippen MR) is 98.3 cm³/mol. The van der Waals surface area contributed by atoms with Crippen molar-refractivity contribution >= 4 is 22.6 Å². The van der Waals surface area contributed by atoms with E-state index in [0.717, 1.165) is 47.3 Å². The highest BCUT2D eigenvalue weighted by Crippen LogP contribution is 2.35. The molecule has 1 fully saturated rings.